The van der Waals surface area contributed by atoms with E-state index in [9.17, 15) is 17.6 Å². The van der Waals surface area contributed by atoms with Gasteiger partial charge in [0, 0.05) is 6.54 Å². The van der Waals surface area contributed by atoms with Crippen LogP contribution in [0.25, 0.3) is 0 Å². The number of nitrogens with one attached hydrogen (secondary N) is 1. The third-order valence-corrected chi connectivity index (χ3v) is 5.13. The lowest BCUT2D eigenvalue weighted by atomic mass is 10.1. The summed E-state index contributed by atoms with van der Waals surface area (Å²) in [6.45, 7) is 0.0372. The van der Waals surface area contributed by atoms with E-state index in [0.29, 0.717) is 19.4 Å². The largest absolute Gasteiger partial charge is 0.355 e. The first-order valence-corrected chi connectivity index (χ1v) is 10.2. The van der Waals surface area contributed by atoms with Crippen molar-refractivity contribution in [3.05, 3.63) is 64.9 Å². The quantitative estimate of drug-likeness (QED) is 0.695. The van der Waals surface area contributed by atoms with Crippen molar-refractivity contribution < 1.29 is 17.6 Å². The van der Waals surface area contributed by atoms with Crippen LogP contribution < -0.4 is 9.62 Å². The summed E-state index contributed by atoms with van der Waals surface area (Å²) in [5, 5.41) is 2.95. The molecule has 0 aliphatic rings. The number of carbonyl (C=O) groups excluding carboxylic acids is 1. The van der Waals surface area contributed by atoms with Crippen LogP contribution in [0.15, 0.2) is 48.5 Å². The summed E-state index contributed by atoms with van der Waals surface area (Å²) in [5.74, 6) is -0.711. The molecule has 2 aromatic carbocycles. The van der Waals surface area contributed by atoms with Gasteiger partial charge in [0.2, 0.25) is 15.9 Å². The Morgan fingerprint density at radius 3 is 2.42 bits per heavy atom. The number of halogens is 2. The van der Waals surface area contributed by atoms with Crippen LogP contribution in [-0.4, -0.2) is 33.7 Å². The van der Waals surface area contributed by atoms with Crippen LogP contribution in [0.3, 0.4) is 0 Å². The molecule has 0 fully saturated rings. The van der Waals surface area contributed by atoms with Crippen molar-refractivity contribution >= 4 is 33.2 Å². The maximum absolute atomic E-state index is 12.8. The van der Waals surface area contributed by atoms with Gasteiger partial charge in [-0.2, -0.15) is 0 Å². The fourth-order valence-electron chi connectivity index (χ4n) is 2.39. The average Bonchev–Trinajstić information content (AvgIpc) is 2.58. The Morgan fingerprint density at radius 2 is 1.81 bits per heavy atom. The first-order valence-electron chi connectivity index (χ1n) is 8.01. The number of benzene rings is 2. The van der Waals surface area contributed by atoms with Gasteiger partial charge in [0.1, 0.15) is 12.4 Å². The molecule has 0 heterocycles. The highest BCUT2D eigenvalue weighted by atomic mass is 35.5. The number of sulfonamides is 1. The highest BCUT2D eigenvalue weighted by Gasteiger charge is 2.22. The minimum Gasteiger partial charge on any atom is -0.355 e. The van der Waals surface area contributed by atoms with Gasteiger partial charge in [0.25, 0.3) is 0 Å². The minimum atomic E-state index is -3.66. The van der Waals surface area contributed by atoms with Gasteiger partial charge in [-0.05, 0) is 42.7 Å². The predicted octanol–water partition coefficient (Wildman–Crippen LogP) is 2.99. The molecule has 0 spiro atoms. The third kappa shape index (κ3) is 6.00. The molecule has 8 heteroatoms. The number of hydrogen-bond acceptors (Lipinski definition) is 3. The maximum atomic E-state index is 12.8. The van der Waals surface area contributed by atoms with Crippen LogP contribution in [0.2, 0.25) is 5.02 Å². The predicted molar refractivity (Wildman–Crippen MR) is 101 cm³/mol. The lowest BCUT2D eigenvalue weighted by Crippen LogP contribution is -2.40. The Morgan fingerprint density at radius 1 is 1.15 bits per heavy atom. The van der Waals surface area contributed by atoms with E-state index in [0.717, 1.165) is 16.1 Å². The van der Waals surface area contributed by atoms with Crippen molar-refractivity contribution in [2.45, 2.75) is 12.8 Å². The maximum Gasteiger partial charge on any atom is 0.240 e. The van der Waals surface area contributed by atoms with E-state index in [1.54, 1.807) is 36.4 Å². The molecular formula is C18H20ClFN2O3S. The van der Waals surface area contributed by atoms with E-state index in [-0.39, 0.29) is 23.1 Å². The van der Waals surface area contributed by atoms with E-state index in [1.165, 1.54) is 12.1 Å². The second-order valence-electron chi connectivity index (χ2n) is 5.80. The Bertz CT molecular complexity index is 857. The second kappa shape index (κ2) is 9.00. The smallest absolute Gasteiger partial charge is 0.240 e. The van der Waals surface area contributed by atoms with E-state index in [2.05, 4.69) is 5.32 Å². The molecule has 0 radical (unpaired) electrons. The molecular weight excluding hydrogens is 379 g/mol. The number of aryl methyl sites for hydroxylation is 1. The Labute approximate surface area is 157 Å². The summed E-state index contributed by atoms with van der Waals surface area (Å²) in [7, 11) is -3.66. The first kappa shape index (κ1) is 20.2. The molecule has 140 valence electrons. The standard InChI is InChI=1S/C18H20ClFN2O3S/c1-26(24,25)22(17-7-3-2-6-16(17)19)13-18(23)21-12-4-5-14-8-10-15(20)11-9-14/h2-3,6-11H,4-5,12-13H2,1H3,(H,21,23). The van der Waals surface area contributed by atoms with Crippen molar-refractivity contribution in [3.8, 4) is 0 Å². The molecule has 26 heavy (non-hydrogen) atoms. The van der Waals surface area contributed by atoms with E-state index >= 15 is 0 Å². The molecule has 2 aromatic rings. The van der Waals surface area contributed by atoms with Crippen LogP contribution in [-0.2, 0) is 21.2 Å². The van der Waals surface area contributed by atoms with Gasteiger partial charge in [-0.15, -0.1) is 0 Å². The summed E-state index contributed by atoms with van der Waals surface area (Å²) in [4.78, 5) is 12.1. The van der Waals surface area contributed by atoms with Crippen LogP contribution >= 0.6 is 11.6 Å². The molecule has 0 aromatic heterocycles. The normalized spacial score (nSPS) is 11.2. The monoisotopic (exact) mass is 398 g/mol. The summed E-state index contributed by atoms with van der Waals surface area (Å²) in [6.07, 6.45) is 2.36. The van der Waals surface area contributed by atoms with Crippen molar-refractivity contribution in [2.24, 2.45) is 0 Å². The number of carbonyl (C=O) groups is 1. The fraction of sp³-hybridized carbons (Fsp3) is 0.278. The third-order valence-electron chi connectivity index (χ3n) is 3.69. The topological polar surface area (TPSA) is 66.5 Å². The van der Waals surface area contributed by atoms with Gasteiger partial charge in [-0.1, -0.05) is 35.9 Å². The highest BCUT2D eigenvalue weighted by Crippen LogP contribution is 2.26. The molecule has 1 N–H and O–H groups in total. The van der Waals surface area contributed by atoms with Crippen molar-refractivity contribution in [1.82, 2.24) is 5.32 Å². The van der Waals surface area contributed by atoms with Gasteiger partial charge in [0.05, 0.1) is 17.0 Å². The van der Waals surface area contributed by atoms with Crippen LogP contribution in [0.5, 0.6) is 0 Å². The highest BCUT2D eigenvalue weighted by molar-refractivity contribution is 7.92. The molecule has 0 aliphatic heterocycles. The minimum absolute atomic E-state index is 0.252. The molecule has 0 unspecified atom stereocenters. The lowest BCUT2D eigenvalue weighted by molar-refractivity contribution is -0.119. The van der Waals surface area contributed by atoms with Crippen molar-refractivity contribution in [3.63, 3.8) is 0 Å². The van der Waals surface area contributed by atoms with E-state index < -0.39 is 15.9 Å². The molecule has 0 saturated carbocycles. The van der Waals surface area contributed by atoms with Crippen molar-refractivity contribution in [2.75, 3.05) is 23.7 Å². The van der Waals surface area contributed by atoms with Gasteiger partial charge in [-0.3, -0.25) is 9.10 Å². The number of amides is 1. The number of hydrogen-bond donors (Lipinski definition) is 1. The van der Waals surface area contributed by atoms with Crippen molar-refractivity contribution in [1.29, 1.82) is 0 Å². The SMILES string of the molecule is CS(=O)(=O)N(CC(=O)NCCCc1ccc(F)cc1)c1ccccc1Cl. The number of anilines is 1. The fourth-order valence-corrected chi connectivity index (χ4v) is 3.55. The summed E-state index contributed by atoms with van der Waals surface area (Å²) in [6, 6.07) is 12.6. The number of rotatable bonds is 8. The zero-order valence-corrected chi connectivity index (χ0v) is 15.9. The Hall–Kier alpha value is -2.12. The zero-order chi connectivity index (χ0) is 19.2. The summed E-state index contributed by atoms with van der Waals surface area (Å²) in [5.41, 5.74) is 1.23. The Kier molecular flexibility index (Phi) is 6.99. The van der Waals surface area contributed by atoms with Gasteiger partial charge in [-0.25, -0.2) is 12.8 Å². The second-order valence-corrected chi connectivity index (χ2v) is 8.12. The van der Waals surface area contributed by atoms with Crippen LogP contribution in [0.4, 0.5) is 10.1 Å². The molecule has 0 atom stereocenters. The molecule has 1 amide bonds. The summed E-state index contributed by atoms with van der Waals surface area (Å²) >= 11 is 6.05. The molecule has 5 nitrogen and oxygen atoms in total. The van der Waals surface area contributed by atoms with Gasteiger partial charge >= 0.3 is 0 Å². The van der Waals surface area contributed by atoms with Crippen LogP contribution in [0, 0.1) is 5.82 Å². The van der Waals surface area contributed by atoms with E-state index in [4.69, 9.17) is 11.6 Å². The average molecular weight is 399 g/mol. The number of nitrogens with zero attached hydrogens (tertiary/aromatic N) is 1. The Balaban J connectivity index is 1.89. The van der Waals surface area contributed by atoms with Crippen LogP contribution in [0.1, 0.15) is 12.0 Å². The summed E-state index contributed by atoms with van der Waals surface area (Å²) < 4.78 is 37.9. The number of para-hydroxylation sites is 1. The van der Waals surface area contributed by atoms with E-state index in [1.807, 2.05) is 0 Å². The molecule has 0 bridgehead atoms. The zero-order valence-electron chi connectivity index (χ0n) is 14.3. The molecule has 0 saturated heterocycles. The van der Waals surface area contributed by atoms with Gasteiger partial charge in [0.15, 0.2) is 0 Å². The van der Waals surface area contributed by atoms with Gasteiger partial charge < -0.3 is 5.32 Å². The molecule has 2 rings (SSSR count). The first-order chi connectivity index (χ1) is 12.3. The lowest BCUT2D eigenvalue weighted by Gasteiger charge is -2.22. The molecule has 0 aliphatic carbocycles.